The minimum absolute atomic E-state index is 0.277. The number of anilines is 1. The average molecular weight is 342 g/mol. The summed E-state index contributed by atoms with van der Waals surface area (Å²) in [5.74, 6) is -0.312. The molecule has 1 N–H and O–H groups in total. The summed E-state index contributed by atoms with van der Waals surface area (Å²) in [5, 5.41) is 11.3. The molecule has 0 saturated heterocycles. The number of para-hydroxylation sites is 1. The highest BCUT2D eigenvalue weighted by molar-refractivity contribution is 7.99. The predicted molar refractivity (Wildman–Crippen MR) is 90.1 cm³/mol. The Kier molecular flexibility index (Phi) is 6.68. The van der Waals surface area contributed by atoms with E-state index in [-0.39, 0.29) is 5.75 Å². The fraction of sp³-hybridized carbons (Fsp3) is 0.118. The maximum Gasteiger partial charge on any atom is 0.331 e. The molecule has 0 saturated carbocycles. The van der Waals surface area contributed by atoms with Gasteiger partial charge in [-0.25, -0.2) is 4.79 Å². The zero-order chi connectivity index (χ0) is 17.2. The largest absolute Gasteiger partial charge is 0.465 e. The van der Waals surface area contributed by atoms with Crippen molar-refractivity contribution in [1.29, 1.82) is 5.26 Å². The van der Waals surface area contributed by atoms with Gasteiger partial charge in [-0.2, -0.15) is 5.26 Å². The lowest BCUT2D eigenvalue weighted by molar-refractivity contribution is -0.142. The van der Waals surface area contributed by atoms with E-state index in [2.05, 4.69) is 5.32 Å². The van der Waals surface area contributed by atoms with Crippen LogP contribution in [0.4, 0.5) is 5.69 Å². The first-order valence-electron chi connectivity index (χ1n) is 6.96. The average Bonchev–Trinajstić information content (AvgIpc) is 3.11. The number of hydrogen-bond acceptors (Lipinski definition) is 6. The molecule has 0 aliphatic heterocycles. The van der Waals surface area contributed by atoms with E-state index in [1.165, 1.54) is 30.2 Å². The lowest BCUT2D eigenvalue weighted by Gasteiger charge is -2.09. The zero-order valence-corrected chi connectivity index (χ0v) is 13.4. The van der Waals surface area contributed by atoms with Crippen molar-refractivity contribution >= 4 is 35.4 Å². The van der Waals surface area contributed by atoms with Crippen LogP contribution in [0.3, 0.4) is 0 Å². The first-order valence-corrected chi connectivity index (χ1v) is 7.94. The highest BCUT2D eigenvalue weighted by Gasteiger charge is 2.09. The van der Waals surface area contributed by atoms with Gasteiger partial charge >= 0.3 is 5.97 Å². The molecule has 1 heterocycles. The third-order valence-electron chi connectivity index (χ3n) is 2.73. The van der Waals surface area contributed by atoms with Crippen molar-refractivity contribution in [3.8, 4) is 6.07 Å². The van der Waals surface area contributed by atoms with Crippen LogP contribution in [0.5, 0.6) is 0 Å². The summed E-state index contributed by atoms with van der Waals surface area (Å²) in [5.41, 5.74) is 0.574. The molecule has 0 aliphatic rings. The van der Waals surface area contributed by atoms with Gasteiger partial charge in [-0.3, -0.25) is 4.79 Å². The third kappa shape index (κ3) is 5.66. The molecule has 0 bridgehead atoms. The minimum Gasteiger partial charge on any atom is -0.465 e. The summed E-state index contributed by atoms with van der Waals surface area (Å²) < 4.78 is 9.89. The summed E-state index contributed by atoms with van der Waals surface area (Å²) in [6, 6.07) is 12.5. The molecule has 1 amide bonds. The SMILES string of the molecule is N#CCSc1ccccc1NC(=O)COC(=O)/C=C/c1ccco1. The number of rotatable bonds is 7. The molecule has 0 unspecified atom stereocenters. The minimum atomic E-state index is -0.645. The number of nitriles is 1. The zero-order valence-electron chi connectivity index (χ0n) is 12.6. The summed E-state index contributed by atoms with van der Waals surface area (Å²) in [6.45, 7) is -0.404. The van der Waals surface area contributed by atoms with Crippen molar-refractivity contribution in [1.82, 2.24) is 0 Å². The molecule has 0 atom stereocenters. The van der Waals surface area contributed by atoms with E-state index in [4.69, 9.17) is 14.4 Å². The molecular weight excluding hydrogens is 328 g/mol. The maximum atomic E-state index is 11.9. The second-order valence-electron chi connectivity index (χ2n) is 4.45. The predicted octanol–water partition coefficient (Wildman–Crippen LogP) is 3.09. The smallest absolute Gasteiger partial charge is 0.331 e. The standard InChI is InChI=1S/C17H14N2O4S/c18-9-11-24-15-6-2-1-5-14(15)19-16(20)12-23-17(21)8-7-13-4-3-10-22-13/h1-8,10H,11-12H2,(H,19,20)/b8-7+. The van der Waals surface area contributed by atoms with Crippen molar-refractivity contribution in [2.45, 2.75) is 4.90 Å². The molecule has 7 heteroatoms. The molecule has 122 valence electrons. The van der Waals surface area contributed by atoms with Crippen molar-refractivity contribution < 1.29 is 18.7 Å². The Morgan fingerprint density at radius 3 is 2.88 bits per heavy atom. The highest BCUT2D eigenvalue weighted by atomic mass is 32.2. The summed E-state index contributed by atoms with van der Waals surface area (Å²) in [7, 11) is 0. The van der Waals surface area contributed by atoms with Gasteiger partial charge in [0.25, 0.3) is 5.91 Å². The number of ether oxygens (including phenoxy) is 1. The summed E-state index contributed by atoms with van der Waals surface area (Å²) in [6.07, 6.45) is 4.12. The van der Waals surface area contributed by atoms with E-state index in [1.807, 2.05) is 12.1 Å². The van der Waals surface area contributed by atoms with E-state index in [9.17, 15) is 9.59 Å². The normalized spacial score (nSPS) is 10.3. The number of nitrogens with zero attached hydrogens (tertiary/aromatic N) is 1. The quantitative estimate of drug-likeness (QED) is 0.472. The van der Waals surface area contributed by atoms with Crippen LogP contribution in [0.15, 0.2) is 58.1 Å². The van der Waals surface area contributed by atoms with Crippen molar-refractivity contribution in [3.63, 3.8) is 0 Å². The van der Waals surface area contributed by atoms with Crippen molar-refractivity contribution in [3.05, 3.63) is 54.5 Å². The van der Waals surface area contributed by atoms with Crippen molar-refractivity contribution in [2.75, 3.05) is 17.7 Å². The Labute approximate surface area is 143 Å². The number of benzene rings is 1. The molecule has 6 nitrogen and oxygen atoms in total. The number of amides is 1. The molecule has 0 fully saturated rings. The Hall–Kier alpha value is -2.98. The number of carbonyl (C=O) groups is 2. The fourth-order valence-electron chi connectivity index (χ4n) is 1.71. The lowest BCUT2D eigenvalue weighted by atomic mass is 10.3. The van der Waals surface area contributed by atoms with Crippen LogP contribution in [-0.2, 0) is 14.3 Å². The van der Waals surface area contributed by atoms with Gasteiger partial charge in [0, 0.05) is 11.0 Å². The number of thioether (sulfide) groups is 1. The highest BCUT2D eigenvalue weighted by Crippen LogP contribution is 2.26. The first-order chi connectivity index (χ1) is 11.7. The summed E-state index contributed by atoms with van der Waals surface area (Å²) >= 11 is 1.31. The maximum absolute atomic E-state index is 11.9. The van der Waals surface area contributed by atoms with Crippen LogP contribution < -0.4 is 5.32 Å². The van der Waals surface area contributed by atoms with E-state index in [0.29, 0.717) is 11.4 Å². The first kappa shape index (κ1) is 17.4. The number of furan rings is 1. The molecule has 0 radical (unpaired) electrons. The van der Waals surface area contributed by atoms with Crippen LogP contribution in [0.25, 0.3) is 6.08 Å². The molecule has 24 heavy (non-hydrogen) atoms. The van der Waals surface area contributed by atoms with E-state index < -0.39 is 18.5 Å². The summed E-state index contributed by atoms with van der Waals surface area (Å²) in [4.78, 5) is 24.2. The molecule has 0 spiro atoms. The molecular formula is C17H14N2O4S. The Balaban J connectivity index is 1.83. The third-order valence-corrected chi connectivity index (χ3v) is 3.67. The Bertz CT molecular complexity index is 763. The molecule has 1 aromatic heterocycles. The van der Waals surface area contributed by atoms with Crippen LogP contribution in [0, 0.1) is 11.3 Å². The van der Waals surface area contributed by atoms with Gasteiger partial charge in [0.15, 0.2) is 6.61 Å². The van der Waals surface area contributed by atoms with E-state index in [1.54, 1.807) is 30.3 Å². The van der Waals surface area contributed by atoms with Crippen LogP contribution >= 0.6 is 11.8 Å². The van der Waals surface area contributed by atoms with Gasteiger partial charge in [0.2, 0.25) is 0 Å². The topological polar surface area (TPSA) is 92.3 Å². The van der Waals surface area contributed by atoms with Gasteiger partial charge in [-0.15, -0.1) is 11.8 Å². The lowest BCUT2D eigenvalue weighted by Crippen LogP contribution is -2.20. The molecule has 2 rings (SSSR count). The second-order valence-corrected chi connectivity index (χ2v) is 5.46. The molecule has 0 aliphatic carbocycles. The number of nitrogens with one attached hydrogen (secondary N) is 1. The van der Waals surface area contributed by atoms with Gasteiger partial charge in [-0.1, -0.05) is 12.1 Å². The van der Waals surface area contributed by atoms with E-state index >= 15 is 0 Å². The Morgan fingerprint density at radius 2 is 2.12 bits per heavy atom. The molecule has 2 aromatic rings. The number of esters is 1. The Morgan fingerprint density at radius 1 is 1.29 bits per heavy atom. The van der Waals surface area contributed by atoms with Gasteiger partial charge in [0.1, 0.15) is 5.76 Å². The van der Waals surface area contributed by atoms with Crippen LogP contribution in [0.1, 0.15) is 5.76 Å². The fourth-order valence-corrected chi connectivity index (χ4v) is 2.38. The van der Waals surface area contributed by atoms with E-state index in [0.717, 1.165) is 4.90 Å². The number of hydrogen-bond donors (Lipinski definition) is 1. The monoisotopic (exact) mass is 342 g/mol. The van der Waals surface area contributed by atoms with Gasteiger partial charge in [0.05, 0.1) is 23.8 Å². The van der Waals surface area contributed by atoms with Gasteiger partial charge < -0.3 is 14.5 Å². The van der Waals surface area contributed by atoms with Gasteiger partial charge in [-0.05, 0) is 30.3 Å². The number of carbonyl (C=O) groups excluding carboxylic acids is 2. The van der Waals surface area contributed by atoms with Crippen molar-refractivity contribution in [2.24, 2.45) is 0 Å². The second kappa shape index (κ2) is 9.22. The van der Waals surface area contributed by atoms with Crippen LogP contribution in [-0.4, -0.2) is 24.2 Å². The van der Waals surface area contributed by atoms with Crippen LogP contribution in [0.2, 0.25) is 0 Å². The molecule has 1 aromatic carbocycles.